The Hall–Kier alpha value is 3.31. The summed E-state index contributed by atoms with van der Waals surface area (Å²) in [4.78, 5) is 0. The fraction of sp³-hybridized carbons (Fsp3) is 0.750. The molecule has 2 atom stereocenters. The van der Waals surface area contributed by atoms with Crippen molar-refractivity contribution < 1.29 is 98.1 Å². The van der Waals surface area contributed by atoms with E-state index in [1.54, 1.807) is 0 Å². The van der Waals surface area contributed by atoms with Crippen LogP contribution in [0.25, 0.3) is 0 Å². The van der Waals surface area contributed by atoms with Crippen molar-refractivity contribution in [3.05, 3.63) is 20.3 Å². The van der Waals surface area contributed by atoms with Crippen LogP contribution in [0, 0.1) is 32.1 Å². The third-order valence-electron chi connectivity index (χ3n) is 2.94. The van der Waals surface area contributed by atoms with Crippen LogP contribution in [0.15, 0.2) is 0 Å². The molecular weight excluding hydrogens is 411 g/mol. The van der Waals surface area contributed by atoms with Crippen LogP contribution in [-0.2, 0) is 98.1 Å². The molecule has 0 heterocycles. The first-order valence-electron chi connectivity index (χ1n) is 5.28. The van der Waals surface area contributed by atoms with Gasteiger partial charge < -0.3 is 20.3 Å². The zero-order valence-corrected chi connectivity index (χ0v) is 18.3. The third kappa shape index (κ3) is 10.9. The smallest absolute Gasteiger partial charge is 0.343 e. The molecular formula is C12H21Y3. The average Bonchev–Trinajstić information content (AvgIpc) is 2.46. The Morgan fingerprint density at radius 1 is 1.20 bits per heavy atom. The van der Waals surface area contributed by atoms with Crippen molar-refractivity contribution >= 4 is 0 Å². The summed E-state index contributed by atoms with van der Waals surface area (Å²) in [5.74, 6) is 1.64. The summed E-state index contributed by atoms with van der Waals surface area (Å²) >= 11 is 0. The Morgan fingerprint density at radius 2 is 1.87 bits per heavy atom. The van der Waals surface area contributed by atoms with Gasteiger partial charge in [-0.15, -0.1) is 6.42 Å². The quantitative estimate of drug-likeness (QED) is 0.458. The van der Waals surface area contributed by atoms with E-state index in [1.807, 2.05) is 0 Å². The summed E-state index contributed by atoms with van der Waals surface area (Å²) in [5.41, 5.74) is 0. The molecule has 1 fully saturated rings. The van der Waals surface area contributed by atoms with E-state index in [4.69, 9.17) is 0 Å². The van der Waals surface area contributed by atoms with Gasteiger partial charge in [0, 0.05) is 65.4 Å². The molecule has 2 radical (unpaired) electrons. The Bertz CT molecular complexity index is 117. The average molecular weight is 432 g/mol. The van der Waals surface area contributed by atoms with Gasteiger partial charge in [-0.3, -0.25) is 0 Å². The Morgan fingerprint density at radius 3 is 2.33 bits per heavy atom. The van der Waals surface area contributed by atoms with Crippen LogP contribution in [-0.4, -0.2) is 0 Å². The van der Waals surface area contributed by atoms with Gasteiger partial charge in [-0.05, 0) is 0 Å². The molecule has 0 spiro atoms. The van der Waals surface area contributed by atoms with E-state index in [1.165, 1.54) is 38.5 Å². The third-order valence-corrected chi connectivity index (χ3v) is 2.94. The monoisotopic (exact) mass is 432 g/mol. The molecule has 0 bridgehead atoms. The van der Waals surface area contributed by atoms with E-state index in [9.17, 15) is 0 Å². The minimum Gasteiger partial charge on any atom is -0.343 e. The van der Waals surface area contributed by atoms with Gasteiger partial charge in [0.15, 0.2) is 0 Å². The van der Waals surface area contributed by atoms with Crippen molar-refractivity contribution in [2.75, 3.05) is 0 Å². The van der Waals surface area contributed by atoms with E-state index in [-0.39, 0.29) is 98.1 Å². The zero-order chi connectivity index (χ0) is 8.81. The Balaban J connectivity index is -0.000000480. The molecule has 1 aliphatic rings. The Labute approximate surface area is 172 Å². The molecule has 0 N–H and O–H groups in total. The molecule has 0 saturated heterocycles. The molecule has 1 aliphatic carbocycles. The fourth-order valence-corrected chi connectivity index (χ4v) is 2.04. The van der Waals surface area contributed by atoms with Gasteiger partial charge in [0.05, 0.1) is 0 Å². The van der Waals surface area contributed by atoms with Crippen LogP contribution in [0.2, 0.25) is 0 Å². The van der Waals surface area contributed by atoms with Crippen LogP contribution >= 0.6 is 0 Å². The second-order valence-corrected chi connectivity index (χ2v) is 3.97. The summed E-state index contributed by atoms with van der Waals surface area (Å²) in [5, 5.41) is 0. The molecule has 0 aromatic rings. The van der Waals surface area contributed by atoms with Crippen LogP contribution in [0.1, 0.15) is 44.9 Å². The van der Waals surface area contributed by atoms with Crippen molar-refractivity contribution in [2.24, 2.45) is 11.8 Å². The van der Waals surface area contributed by atoms with Gasteiger partial charge in [-0.25, -0.2) is 0 Å². The van der Waals surface area contributed by atoms with Gasteiger partial charge in [0.25, 0.3) is 0 Å². The van der Waals surface area contributed by atoms with Gasteiger partial charge in [-0.2, -0.15) is 25.2 Å². The van der Waals surface area contributed by atoms with Crippen LogP contribution in [0.4, 0.5) is 0 Å². The number of unbranched alkanes of at least 4 members (excludes halogenated alkanes) is 3. The first-order chi connectivity index (χ1) is 5.84. The largest absolute Gasteiger partial charge is 3.00 e. The normalized spacial score (nSPS) is 23.6. The predicted molar refractivity (Wildman–Crippen MR) is 54.3 cm³/mol. The maximum Gasteiger partial charge on any atom is 3.00 e. The van der Waals surface area contributed by atoms with Crippen LogP contribution in [0.3, 0.4) is 0 Å². The van der Waals surface area contributed by atoms with Crippen LogP contribution < -0.4 is 0 Å². The van der Waals surface area contributed by atoms with Gasteiger partial charge in [0.2, 0.25) is 0 Å². The first kappa shape index (κ1) is 23.4. The summed E-state index contributed by atoms with van der Waals surface area (Å²) in [6.45, 7) is 8.02. The van der Waals surface area contributed by atoms with Crippen molar-refractivity contribution in [2.45, 2.75) is 44.9 Å². The van der Waals surface area contributed by atoms with Gasteiger partial charge >= 0.3 is 32.7 Å². The molecule has 78 valence electrons. The second kappa shape index (κ2) is 15.4. The maximum atomic E-state index is 4.19. The number of hydrogen-bond acceptors (Lipinski definition) is 0. The van der Waals surface area contributed by atoms with Gasteiger partial charge in [0.1, 0.15) is 0 Å². The predicted octanol–water partition coefficient (Wildman–Crippen LogP) is 3.83. The number of hydrogen-bond donors (Lipinski definition) is 0. The fourth-order valence-electron chi connectivity index (χ4n) is 2.04. The summed E-state index contributed by atoms with van der Waals surface area (Å²) in [6, 6.07) is 0. The minimum atomic E-state index is 0. The van der Waals surface area contributed by atoms with E-state index in [0.717, 1.165) is 18.3 Å². The molecule has 0 aliphatic heterocycles. The zero-order valence-electron chi connectivity index (χ0n) is 9.83. The molecule has 0 amide bonds. The molecule has 3 heteroatoms. The minimum absolute atomic E-state index is 0. The van der Waals surface area contributed by atoms with Gasteiger partial charge in [-0.1, -0.05) is 25.2 Å². The second-order valence-electron chi connectivity index (χ2n) is 3.97. The van der Waals surface area contributed by atoms with Crippen molar-refractivity contribution in [1.82, 2.24) is 0 Å². The summed E-state index contributed by atoms with van der Waals surface area (Å²) in [7, 11) is 0. The van der Waals surface area contributed by atoms with Crippen molar-refractivity contribution in [1.29, 1.82) is 0 Å². The summed E-state index contributed by atoms with van der Waals surface area (Å²) < 4.78 is 0. The molecule has 0 aromatic heterocycles. The topological polar surface area (TPSA) is 0 Å². The SMILES string of the molecule is [CH2-]CCC[CH-]CC1CCCC1[CH2-].[Y+3].[Y].[Y]. The standard InChI is InChI=1S/C12H21.3Y/c1-3-4-5-6-9-12-10-7-8-11(12)2;;;/h6,11-12H,1-5,7-10H2;;;/q-3;;;+3. The number of rotatable bonds is 5. The van der Waals surface area contributed by atoms with E-state index in [0.29, 0.717) is 0 Å². The van der Waals surface area contributed by atoms with Crippen molar-refractivity contribution in [3.63, 3.8) is 0 Å². The summed E-state index contributed by atoms with van der Waals surface area (Å²) in [6.07, 6.45) is 11.5. The Kier molecular flexibility index (Phi) is 24.0. The van der Waals surface area contributed by atoms with E-state index in [2.05, 4.69) is 20.3 Å². The molecule has 2 unspecified atom stereocenters. The van der Waals surface area contributed by atoms with Crippen molar-refractivity contribution in [3.8, 4) is 0 Å². The van der Waals surface area contributed by atoms with E-state index < -0.39 is 0 Å². The molecule has 1 saturated carbocycles. The van der Waals surface area contributed by atoms with Crippen LogP contribution in [0.5, 0.6) is 0 Å². The molecule has 1 rings (SSSR count). The van der Waals surface area contributed by atoms with E-state index >= 15 is 0 Å². The molecule has 0 aromatic carbocycles. The molecule has 15 heavy (non-hydrogen) atoms. The molecule has 0 nitrogen and oxygen atoms in total. The first-order valence-corrected chi connectivity index (χ1v) is 5.28. The maximum absolute atomic E-state index is 4.19.